The molecule has 2 saturated heterocycles. The van der Waals surface area contributed by atoms with Gasteiger partial charge in [-0.1, -0.05) is 20.8 Å². The molecule has 0 unspecified atom stereocenters. The van der Waals surface area contributed by atoms with Crippen LogP contribution in [0.5, 0.6) is 0 Å². The summed E-state index contributed by atoms with van der Waals surface area (Å²) in [5.74, 6) is 1.59. The molecule has 0 aliphatic carbocycles. The number of amides is 2. The van der Waals surface area contributed by atoms with Gasteiger partial charge in [0.05, 0.1) is 0 Å². The first-order valence-corrected chi connectivity index (χ1v) is 9.56. The third kappa shape index (κ3) is 5.18. The molecule has 5 heteroatoms. The first-order chi connectivity index (χ1) is 10.4. The van der Waals surface area contributed by atoms with Crippen molar-refractivity contribution < 1.29 is 9.59 Å². The van der Waals surface area contributed by atoms with E-state index in [9.17, 15) is 9.59 Å². The molecule has 22 heavy (non-hydrogen) atoms. The van der Waals surface area contributed by atoms with E-state index in [0.717, 1.165) is 51.1 Å². The molecular formula is C17H30N2O2S. The number of carbonyl (C=O) groups is 2. The Morgan fingerprint density at radius 3 is 2.68 bits per heavy atom. The maximum Gasteiger partial charge on any atom is 0.222 e. The number of hydrogen-bond donors (Lipinski definition) is 0. The van der Waals surface area contributed by atoms with Crippen LogP contribution < -0.4 is 0 Å². The van der Waals surface area contributed by atoms with Gasteiger partial charge >= 0.3 is 0 Å². The Balaban J connectivity index is 1.74. The van der Waals surface area contributed by atoms with Crippen LogP contribution in [0, 0.1) is 0 Å². The van der Waals surface area contributed by atoms with E-state index in [1.165, 1.54) is 0 Å². The smallest absolute Gasteiger partial charge is 0.222 e. The van der Waals surface area contributed by atoms with Crippen LogP contribution in [0.15, 0.2) is 0 Å². The van der Waals surface area contributed by atoms with Gasteiger partial charge in [0.1, 0.15) is 0 Å². The van der Waals surface area contributed by atoms with E-state index in [1.54, 1.807) is 0 Å². The quantitative estimate of drug-likeness (QED) is 0.729. The molecule has 2 rings (SSSR count). The van der Waals surface area contributed by atoms with E-state index < -0.39 is 0 Å². The molecule has 2 fully saturated rings. The Morgan fingerprint density at radius 2 is 2.05 bits per heavy atom. The monoisotopic (exact) mass is 326 g/mol. The molecule has 126 valence electrons. The maximum atomic E-state index is 12.4. The number of carbonyl (C=O) groups excluding carboxylic acids is 2. The summed E-state index contributed by atoms with van der Waals surface area (Å²) < 4.78 is 0.273. The maximum absolute atomic E-state index is 12.4. The average molecular weight is 327 g/mol. The number of rotatable bonds is 5. The van der Waals surface area contributed by atoms with Crippen molar-refractivity contribution in [2.24, 2.45) is 0 Å². The molecule has 1 atom stereocenters. The van der Waals surface area contributed by atoms with Gasteiger partial charge in [-0.3, -0.25) is 9.59 Å². The van der Waals surface area contributed by atoms with Crippen LogP contribution in [-0.4, -0.2) is 57.8 Å². The Labute approximate surface area is 139 Å². The van der Waals surface area contributed by atoms with Crippen molar-refractivity contribution in [1.82, 2.24) is 9.80 Å². The third-order valence-electron chi connectivity index (χ3n) is 4.37. The molecule has 0 bridgehead atoms. The summed E-state index contributed by atoms with van der Waals surface area (Å²) in [5, 5.41) is 0. The van der Waals surface area contributed by atoms with Crippen LogP contribution in [-0.2, 0) is 9.59 Å². The lowest BCUT2D eigenvalue weighted by Gasteiger charge is -2.37. The molecule has 2 aliphatic heterocycles. The van der Waals surface area contributed by atoms with Gasteiger partial charge in [-0.25, -0.2) is 0 Å². The summed E-state index contributed by atoms with van der Waals surface area (Å²) in [6, 6.07) is 0.261. The summed E-state index contributed by atoms with van der Waals surface area (Å²) in [6.45, 7) is 9.12. The molecule has 2 aliphatic rings. The van der Waals surface area contributed by atoms with E-state index in [0.29, 0.717) is 12.8 Å². The SMILES string of the molecule is CC(C)(C)SCCCC(=O)N1CCC[C@H](N2CCCC2=O)C1. The number of hydrogen-bond acceptors (Lipinski definition) is 3. The fraction of sp³-hybridized carbons (Fsp3) is 0.882. The zero-order valence-electron chi connectivity index (χ0n) is 14.3. The Bertz CT molecular complexity index is 406. The van der Waals surface area contributed by atoms with Gasteiger partial charge in [-0.15, -0.1) is 0 Å². The Morgan fingerprint density at radius 1 is 1.27 bits per heavy atom. The van der Waals surface area contributed by atoms with Gasteiger partial charge in [0.15, 0.2) is 0 Å². The van der Waals surface area contributed by atoms with Crippen LogP contribution in [0.3, 0.4) is 0 Å². The minimum atomic E-state index is 0.261. The molecule has 0 saturated carbocycles. The van der Waals surface area contributed by atoms with E-state index >= 15 is 0 Å². The Hall–Kier alpha value is -0.710. The van der Waals surface area contributed by atoms with E-state index in [2.05, 4.69) is 20.8 Å². The first-order valence-electron chi connectivity index (χ1n) is 8.58. The van der Waals surface area contributed by atoms with Crippen LogP contribution >= 0.6 is 11.8 Å². The first kappa shape index (κ1) is 17.6. The number of piperidine rings is 1. The highest BCUT2D eigenvalue weighted by atomic mass is 32.2. The second-order valence-electron chi connectivity index (χ2n) is 7.39. The van der Waals surface area contributed by atoms with Crippen LogP contribution in [0.25, 0.3) is 0 Å². The highest BCUT2D eigenvalue weighted by Crippen LogP contribution is 2.25. The summed E-state index contributed by atoms with van der Waals surface area (Å²) in [5.41, 5.74) is 0. The van der Waals surface area contributed by atoms with Crippen molar-refractivity contribution in [3.05, 3.63) is 0 Å². The summed E-state index contributed by atoms with van der Waals surface area (Å²) in [7, 11) is 0. The van der Waals surface area contributed by atoms with Gasteiger partial charge in [0.25, 0.3) is 0 Å². The van der Waals surface area contributed by atoms with Gasteiger partial charge in [0, 0.05) is 43.3 Å². The molecule has 2 amide bonds. The fourth-order valence-corrected chi connectivity index (χ4v) is 4.15. The van der Waals surface area contributed by atoms with Crippen molar-refractivity contribution >= 4 is 23.6 Å². The topological polar surface area (TPSA) is 40.6 Å². The zero-order valence-corrected chi connectivity index (χ0v) is 15.1. The van der Waals surface area contributed by atoms with E-state index in [-0.39, 0.29) is 22.6 Å². The van der Waals surface area contributed by atoms with Crippen LogP contribution in [0.4, 0.5) is 0 Å². The lowest BCUT2D eigenvalue weighted by atomic mass is 10.0. The van der Waals surface area contributed by atoms with Gasteiger partial charge in [0.2, 0.25) is 11.8 Å². The van der Waals surface area contributed by atoms with Gasteiger partial charge < -0.3 is 9.80 Å². The van der Waals surface area contributed by atoms with Crippen LogP contribution in [0.1, 0.15) is 59.3 Å². The highest BCUT2D eigenvalue weighted by molar-refractivity contribution is 8.00. The summed E-state index contributed by atoms with van der Waals surface area (Å²) in [6.07, 6.45) is 5.34. The lowest BCUT2D eigenvalue weighted by Crippen LogP contribution is -2.50. The molecule has 0 radical (unpaired) electrons. The van der Waals surface area contributed by atoms with E-state index in [1.807, 2.05) is 21.6 Å². The van der Waals surface area contributed by atoms with Crippen molar-refractivity contribution in [1.29, 1.82) is 0 Å². The van der Waals surface area contributed by atoms with E-state index in [4.69, 9.17) is 0 Å². The standard InChI is InChI=1S/C17H30N2O2S/c1-17(2,3)22-12-6-9-15(20)18-10-4-7-14(13-18)19-11-5-8-16(19)21/h14H,4-13H2,1-3H3/t14-/m0/s1. The predicted molar refractivity (Wildman–Crippen MR) is 92.0 cm³/mol. The third-order valence-corrected chi connectivity index (χ3v) is 5.73. The minimum Gasteiger partial charge on any atom is -0.341 e. The summed E-state index contributed by atoms with van der Waals surface area (Å²) >= 11 is 1.92. The van der Waals surface area contributed by atoms with Crippen molar-refractivity contribution in [2.45, 2.75) is 70.1 Å². The normalized spacial score (nSPS) is 23.2. The fourth-order valence-electron chi connectivity index (χ4n) is 3.25. The van der Waals surface area contributed by atoms with Gasteiger partial charge in [-0.05, 0) is 31.4 Å². The second kappa shape index (κ2) is 7.71. The molecule has 0 spiro atoms. The lowest BCUT2D eigenvalue weighted by molar-refractivity contribution is -0.137. The minimum absolute atomic E-state index is 0.261. The second-order valence-corrected chi connectivity index (χ2v) is 9.31. The molecule has 2 heterocycles. The predicted octanol–water partition coefficient (Wildman–Crippen LogP) is 2.91. The molecule has 0 aromatic carbocycles. The molecular weight excluding hydrogens is 296 g/mol. The van der Waals surface area contributed by atoms with Crippen molar-refractivity contribution in [3.63, 3.8) is 0 Å². The number of thioether (sulfide) groups is 1. The largest absolute Gasteiger partial charge is 0.341 e. The number of likely N-dealkylation sites (tertiary alicyclic amines) is 2. The molecule has 0 aromatic heterocycles. The number of nitrogens with zero attached hydrogens (tertiary/aromatic N) is 2. The van der Waals surface area contributed by atoms with Crippen molar-refractivity contribution in [3.8, 4) is 0 Å². The van der Waals surface area contributed by atoms with Gasteiger partial charge in [-0.2, -0.15) is 11.8 Å². The molecule has 0 aromatic rings. The molecule has 0 N–H and O–H groups in total. The molecule has 4 nitrogen and oxygen atoms in total. The summed E-state index contributed by atoms with van der Waals surface area (Å²) in [4.78, 5) is 28.2. The zero-order chi connectivity index (χ0) is 16.2. The van der Waals surface area contributed by atoms with Crippen LogP contribution in [0.2, 0.25) is 0 Å². The van der Waals surface area contributed by atoms with Crippen molar-refractivity contribution in [2.75, 3.05) is 25.4 Å². The average Bonchev–Trinajstić information content (AvgIpc) is 2.89. The highest BCUT2D eigenvalue weighted by Gasteiger charge is 2.32. The Kier molecular flexibility index (Phi) is 6.18.